The lowest BCUT2D eigenvalue weighted by Crippen LogP contribution is -2.63. The second kappa shape index (κ2) is 11.9. The molecule has 2 aromatic heterocycles. The third-order valence-corrected chi connectivity index (χ3v) is 7.87. The van der Waals surface area contributed by atoms with Crippen molar-refractivity contribution in [1.29, 1.82) is 0 Å². The monoisotopic (exact) mass is 554 g/mol. The molecular weight excluding hydrogens is 520 g/mol. The summed E-state index contributed by atoms with van der Waals surface area (Å²) in [4.78, 5) is 47.9. The molecule has 1 fully saturated rings. The molecule has 0 radical (unpaired) electrons. The van der Waals surface area contributed by atoms with E-state index in [1.54, 1.807) is 15.8 Å². The zero-order chi connectivity index (χ0) is 28.2. The molecule has 6 rings (SSSR count). The summed E-state index contributed by atoms with van der Waals surface area (Å²) in [5, 5.41) is 15.4. The fourth-order valence-corrected chi connectivity index (χ4v) is 5.74. The quantitative estimate of drug-likeness (QED) is 0.352. The van der Waals surface area contributed by atoms with E-state index in [-0.39, 0.29) is 30.7 Å². The van der Waals surface area contributed by atoms with E-state index in [0.29, 0.717) is 51.3 Å². The zero-order valence-corrected chi connectivity index (χ0v) is 22.8. The van der Waals surface area contributed by atoms with E-state index in [1.807, 2.05) is 48.7 Å². The Bertz CT molecular complexity index is 1530. The molecule has 0 unspecified atom stereocenters. The minimum Gasteiger partial charge on any atom is -0.361 e. The maximum absolute atomic E-state index is 14.1. The van der Waals surface area contributed by atoms with Crippen LogP contribution in [0.4, 0.5) is 0 Å². The van der Waals surface area contributed by atoms with Crippen LogP contribution in [-0.2, 0) is 40.4 Å². The number of aromatic amines is 1. The van der Waals surface area contributed by atoms with Crippen LogP contribution in [0.25, 0.3) is 10.9 Å². The van der Waals surface area contributed by atoms with E-state index < -0.39 is 12.1 Å². The first-order valence-corrected chi connectivity index (χ1v) is 14.1. The van der Waals surface area contributed by atoms with Crippen LogP contribution < -0.4 is 10.6 Å². The number of carbonyl (C=O) groups is 3. The van der Waals surface area contributed by atoms with Crippen LogP contribution in [0.15, 0.2) is 67.0 Å². The predicted molar refractivity (Wildman–Crippen MR) is 152 cm³/mol. The molecule has 11 nitrogen and oxygen atoms in total. The molecule has 0 saturated carbocycles. The van der Waals surface area contributed by atoms with Crippen LogP contribution in [0.3, 0.4) is 0 Å². The Labute approximate surface area is 237 Å². The van der Waals surface area contributed by atoms with E-state index in [1.165, 1.54) is 0 Å². The Morgan fingerprint density at radius 3 is 2.71 bits per heavy atom. The third-order valence-electron chi connectivity index (χ3n) is 7.87. The van der Waals surface area contributed by atoms with Gasteiger partial charge in [-0.05, 0) is 29.7 Å². The highest BCUT2D eigenvalue weighted by Gasteiger charge is 2.38. The summed E-state index contributed by atoms with van der Waals surface area (Å²) < 4.78 is 1.68. The van der Waals surface area contributed by atoms with Crippen LogP contribution in [0, 0.1) is 0 Å². The summed E-state index contributed by atoms with van der Waals surface area (Å²) in [5.74, 6) is -0.695. The molecule has 2 aliphatic heterocycles. The molecule has 4 heterocycles. The zero-order valence-electron chi connectivity index (χ0n) is 22.8. The number of carbonyl (C=O) groups excluding carboxylic acids is 3. The lowest BCUT2D eigenvalue weighted by Gasteiger charge is -2.42. The van der Waals surface area contributed by atoms with E-state index in [0.717, 1.165) is 22.0 Å². The number of aryl methyl sites for hydroxylation is 1. The highest BCUT2D eigenvalue weighted by atomic mass is 16.2. The summed E-state index contributed by atoms with van der Waals surface area (Å²) in [5.41, 5.74) is 3.80. The van der Waals surface area contributed by atoms with E-state index in [2.05, 4.69) is 43.0 Å². The van der Waals surface area contributed by atoms with Gasteiger partial charge in [0, 0.05) is 62.7 Å². The first-order valence-electron chi connectivity index (χ1n) is 14.1. The van der Waals surface area contributed by atoms with Gasteiger partial charge in [0.15, 0.2) is 0 Å². The molecule has 212 valence electrons. The average molecular weight is 555 g/mol. The van der Waals surface area contributed by atoms with E-state index in [4.69, 9.17) is 0 Å². The lowest BCUT2D eigenvalue weighted by atomic mass is 10.0. The molecular formula is C30H34N8O3. The van der Waals surface area contributed by atoms with Crippen LogP contribution in [-0.4, -0.2) is 79.2 Å². The third kappa shape index (κ3) is 6.14. The number of aromatic nitrogens is 4. The molecule has 0 spiro atoms. The minimum atomic E-state index is -0.775. The van der Waals surface area contributed by atoms with Crippen molar-refractivity contribution >= 4 is 28.6 Å². The number of hydrogen-bond donors (Lipinski definition) is 3. The molecule has 2 atom stereocenters. The molecule has 2 aliphatic rings. The maximum Gasteiger partial charge on any atom is 0.246 e. The molecule has 3 amide bonds. The predicted octanol–water partition coefficient (Wildman–Crippen LogP) is 1.61. The Kier molecular flexibility index (Phi) is 7.77. The number of H-pyrrole nitrogens is 1. The van der Waals surface area contributed by atoms with Crippen molar-refractivity contribution in [2.45, 2.75) is 51.0 Å². The minimum absolute atomic E-state index is 0.200. The van der Waals surface area contributed by atoms with Crippen molar-refractivity contribution in [1.82, 2.24) is 40.4 Å². The van der Waals surface area contributed by atoms with Gasteiger partial charge in [-0.1, -0.05) is 47.7 Å². The van der Waals surface area contributed by atoms with Gasteiger partial charge in [0.05, 0.1) is 12.7 Å². The summed E-state index contributed by atoms with van der Waals surface area (Å²) in [6, 6.07) is 16.4. The van der Waals surface area contributed by atoms with Gasteiger partial charge in [0.25, 0.3) is 0 Å². The molecule has 4 aromatic rings. The summed E-state index contributed by atoms with van der Waals surface area (Å²) in [6.07, 6.45) is 4.87. The second-order valence-corrected chi connectivity index (χ2v) is 10.7. The number of amides is 3. The number of rotatable bonds is 4. The van der Waals surface area contributed by atoms with Gasteiger partial charge in [0.1, 0.15) is 17.8 Å². The SMILES string of the molecule is O=C1CCCn2cc(nn2)CNC(=O)[C@H]2CN(Cc3cccc4[nH]ccc34)CCN2C(=O)[C@H](Cc2ccccc2)N1. The first-order chi connectivity index (χ1) is 20.0. The van der Waals surface area contributed by atoms with Crippen molar-refractivity contribution in [3.63, 3.8) is 0 Å². The van der Waals surface area contributed by atoms with Crippen LogP contribution >= 0.6 is 0 Å². The largest absolute Gasteiger partial charge is 0.361 e. The van der Waals surface area contributed by atoms with Gasteiger partial charge >= 0.3 is 0 Å². The van der Waals surface area contributed by atoms with E-state index in [9.17, 15) is 14.4 Å². The molecule has 41 heavy (non-hydrogen) atoms. The standard InChI is InChI=1S/C30H34N8O3/c39-28-10-5-13-37-19-23(34-35-37)17-32-29(40)27-20-36(18-22-8-4-9-25-24(22)11-12-31-25)14-15-38(27)30(41)26(33-28)16-21-6-2-1-3-7-21/h1-4,6-9,11-12,19,26-27,31H,5,10,13-18,20H2,(H,32,40)(H,33,39)/t26-,27+/m0/s1. The summed E-state index contributed by atoms with van der Waals surface area (Å²) in [7, 11) is 0. The van der Waals surface area contributed by atoms with Gasteiger partial charge in [-0.25, -0.2) is 0 Å². The Hall–Kier alpha value is -4.51. The van der Waals surface area contributed by atoms with Gasteiger partial charge < -0.3 is 20.5 Å². The summed E-state index contributed by atoms with van der Waals surface area (Å²) in [6.45, 7) is 2.73. The number of nitrogens with one attached hydrogen (secondary N) is 3. The van der Waals surface area contributed by atoms with E-state index >= 15 is 0 Å². The molecule has 3 N–H and O–H groups in total. The Morgan fingerprint density at radius 2 is 1.83 bits per heavy atom. The molecule has 2 bridgehead atoms. The molecule has 0 aliphatic carbocycles. The average Bonchev–Trinajstić information content (AvgIpc) is 3.66. The van der Waals surface area contributed by atoms with Gasteiger partial charge in [0.2, 0.25) is 17.7 Å². The normalized spacial score (nSPS) is 21.1. The number of fused-ring (bicyclic) bond motifs is 4. The van der Waals surface area contributed by atoms with Crippen LogP contribution in [0.5, 0.6) is 0 Å². The Morgan fingerprint density at radius 1 is 0.951 bits per heavy atom. The number of hydrogen-bond acceptors (Lipinski definition) is 6. The van der Waals surface area contributed by atoms with Crippen LogP contribution in [0.1, 0.15) is 29.7 Å². The topological polar surface area (TPSA) is 128 Å². The molecule has 2 aromatic carbocycles. The molecule has 11 heteroatoms. The number of benzene rings is 2. The van der Waals surface area contributed by atoms with Crippen molar-refractivity contribution < 1.29 is 14.4 Å². The molecule has 1 saturated heterocycles. The fourth-order valence-electron chi connectivity index (χ4n) is 5.74. The number of nitrogens with zero attached hydrogens (tertiary/aromatic N) is 5. The van der Waals surface area contributed by atoms with Crippen molar-refractivity contribution in [3.05, 3.63) is 83.8 Å². The number of piperazine rings is 1. The van der Waals surface area contributed by atoms with Crippen molar-refractivity contribution in [2.24, 2.45) is 0 Å². The highest BCUT2D eigenvalue weighted by molar-refractivity contribution is 5.92. The highest BCUT2D eigenvalue weighted by Crippen LogP contribution is 2.22. The lowest BCUT2D eigenvalue weighted by molar-refractivity contribution is -0.146. The smallest absolute Gasteiger partial charge is 0.246 e. The van der Waals surface area contributed by atoms with Crippen molar-refractivity contribution in [2.75, 3.05) is 19.6 Å². The van der Waals surface area contributed by atoms with Gasteiger partial charge in [-0.3, -0.25) is 24.0 Å². The maximum atomic E-state index is 14.1. The van der Waals surface area contributed by atoms with Crippen LogP contribution in [0.2, 0.25) is 0 Å². The summed E-state index contributed by atoms with van der Waals surface area (Å²) >= 11 is 0. The van der Waals surface area contributed by atoms with Crippen molar-refractivity contribution in [3.8, 4) is 0 Å². The van der Waals surface area contributed by atoms with Gasteiger partial charge in [-0.15, -0.1) is 5.10 Å². The Balaban J connectivity index is 1.28. The van der Waals surface area contributed by atoms with Gasteiger partial charge in [-0.2, -0.15) is 0 Å². The first kappa shape index (κ1) is 26.7. The second-order valence-electron chi connectivity index (χ2n) is 10.7. The fraction of sp³-hybridized carbons (Fsp3) is 0.367.